The topological polar surface area (TPSA) is 49.4 Å². The molecule has 9 heteroatoms. The fourth-order valence-electron chi connectivity index (χ4n) is 1.99. The first-order valence-electron chi connectivity index (χ1n) is 7.64. The Morgan fingerprint density at radius 3 is 2.64 bits per heavy atom. The largest absolute Gasteiger partial charge is 0.463 e. The third kappa shape index (κ3) is 4.30. The lowest BCUT2D eigenvalue weighted by atomic mass is 10.0. The van der Waals surface area contributed by atoms with Crippen LogP contribution < -0.4 is 15.7 Å². The predicted molar refractivity (Wildman–Crippen MR) is 85.0 cm³/mol. The number of rotatable bonds is 3. The third-order valence-corrected chi connectivity index (χ3v) is 3.28. The van der Waals surface area contributed by atoms with Crippen LogP contribution in [0.25, 0.3) is 5.57 Å². The number of nitrogens with one attached hydrogen (secondary N) is 2. The van der Waals surface area contributed by atoms with Crippen molar-refractivity contribution in [3.05, 3.63) is 53.9 Å². The molecule has 3 rings (SSSR count). The second-order valence-corrected chi connectivity index (χ2v) is 4.92. The van der Waals surface area contributed by atoms with Gasteiger partial charge in [0.05, 0.1) is 5.70 Å². The summed E-state index contributed by atoms with van der Waals surface area (Å²) in [7, 11) is 0. The van der Waals surface area contributed by atoms with E-state index in [1.807, 2.05) is 13.8 Å². The number of allylic oxidation sites excluding steroid dienone is 3. The van der Waals surface area contributed by atoms with Gasteiger partial charge in [0.15, 0.2) is 11.9 Å². The van der Waals surface area contributed by atoms with E-state index in [2.05, 4.69) is 20.7 Å². The number of hydrogen-bond acceptors (Lipinski definition) is 5. The maximum Gasteiger partial charge on any atom is 0.425 e. The van der Waals surface area contributed by atoms with E-state index in [-0.39, 0.29) is 0 Å². The number of ether oxygens (including phenoxy) is 1. The molecule has 0 fully saturated rings. The molecular formula is C16H18F4N4O. The Morgan fingerprint density at radius 1 is 1.28 bits per heavy atom. The second kappa shape index (κ2) is 7.56. The molecule has 0 radical (unpaired) electrons. The number of halogens is 4. The van der Waals surface area contributed by atoms with Crippen LogP contribution in [-0.4, -0.2) is 22.3 Å². The molecule has 1 atom stereocenters. The fraction of sp³-hybridized carbons (Fsp3) is 0.312. The Bertz CT molecular complexity index is 713. The van der Waals surface area contributed by atoms with E-state index in [4.69, 9.17) is 0 Å². The number of hydrazine groups is 2. The highest BCUT2D eigenvalue weighted by Crippen LogP contribution is 2.29. The molecule has 0 saturated heterocycles. The van der Waals surface area contributed by atoms with Crippen molar-refractivity contribution in [1.29, 1.82) is 0 Å². The normalized spacial score (nSPS) is 16.8. The third-order valence-electron chi connectivity index (χ3n) is 3.28. The molecule has 1 aromatic heterocycles. The highest BCUT2D eigenvalue weighted by Gasteiger charge is 2.38. The van der Waals surface area contributed by atoms with Crippen LogP contribution in [0.4, 0.5) is 17.6 Å². The van der Waals surface area contributed by atoms with E-state index < -0.39 is 24.0 Å². The molecule has 0 bridgehead atoms. The van der Waals surface area contributed by atoms with Crippen molar-refractivity contribution in [2.45, 2.75) is 33.1 Å². The number of hydrogen-bond donors (Lipinski definition) is 2. The minimum Gasteiger partial charge on any atom is -0.463 e. The average molecular weight is 358 g/mol. The van der Waals surface area contributed by atoms with Gasteiger partial charge in [-0.25, -0.2) is 9.37 Å². The lowest BCUT2D eigenvalue weighted by molar-refractivity contribution is -0.190. The zero-order valence-corrected chi connectivity index (χ0v) is 13.9. The Kier molecular flexibility index (Phi) is 5.68. The predicted octanol–water partition coefficient (Wildman–Crippen LogP) is 3.65. The summed E-state index contributed by atoms with van der Waals surface area (Å²) in [5.41, 5.74) is 7.52. The van der Waals surface area contributed by atoms with Gasteiger partial charge >= 0.3 is 6.18 Å². The van der Waals surface area contributed by atoms with Crippen molar-refractivity contribution in [1.82, 2.24) is 21.0 Å². The van der Waals surface area contributed by atoms with E-state index in [0.29, 0.717) is 11.1 Å². The highest BCUT2D eigenvalue weighted by molar-refractivity contribution is 5.77. The SMILES string of the molecule is CC.CC(Oc1ncc(C2=CC3=CNNN3C=C2)cc1F)C(F)(F)F. The van der Waals surface area contributed by atoms with Crippen LogP contribution in [0, 0.1) is 5.82 Å². The van der Waals surface area contributed by atoms with Crippen molar-refractivity contribution >= 4 is 5.57 Å². The number of pyridine rings is 1. The Balaban J connectivity index is 0.00000109. The molecule has 136 valence electrons. The summed E-state index contributed by atoms with van der Waals surface area (Å²) >= 11 is 0. The van der Waals surface area contributed by atoms with Gasteiger partial charge in [-0.05, 0) is 30.7 Å². The molecule has 5 nitrogen and oxygen atoms in total. The molecule has 2 N–H and O–H groups in total. The molecule has 0 aliphatic carbocycles. The highest BCUT2D eigenvalue weighted by atomic mass is 19.4. The Labute approximate surface area is 142 Å². The smallest absolute Gasteiger partial charge is 0.425 e. The molecule has 25 heavy (non-hydrogen) atoms. The molecule has 2 aliphatic rings. The van der Waals surface area contributed by atoms with Gasteiger partial charge in [0.1, 0.15) is 0 Å². The quantitative estimate of drug-likeness (QED) is 0.808. The summed E-state index contributed by atoms with van der Waals surface area (Å²) < 4.78 is 55.8. The lowest BCUT2D eigenvalue weighted by Crippen LogP contribution is -2.33. The summed E-state index contributed by atoms with van der Waals surface area (Å²) in [6.07, 6.45) is 1.45. The molecule has 1 aromatic rings. The number of aromatic nitrogens is 1. The molecule has 0 aromatic carbocycles. The van der Waals surface area contributed by atoms with Gasteiger partial charge in [-0.3, -0.25) is 5.01 Å². The van der Waals surface area contributed by atoms with E-state index in [0.717, 1.165) is 18.7 Å². The van der Waals surface area contributed by atoms with E-state index in [1.165, 1.54) is 6.20 Å². The lowest BCUT2D eigenvalue weighted by Gasteiger charge is -2.20. The van der Waals surface area contributed by atoms with Crippen LogP contribution >= 0.6 is 0 Å². The van der Waals surface area contributed by atoms with Crippen LogP contribution in [-0.2, 0) is 0 Å². The molecule has 0 saturated carbocycles. The summed E-state index contributed by atoms with van der Waals surface area (Å²) in [5, 5.41) is 1.70. The van der Waals surface area contributed by atoms with Gasteiger partial charge in [0, 0.05) is 24.2 Å². The van der Waals surface area contributed by atoms with Crippen LogP contribution in [0.2, 0.25) is 0 Å². The number of nitrogens with zero attached hydrogens (tertiary/aromatic N) is 2. The van der Waals surface area contributed by atoms with Crippen LogP contribution in [0.15, 0.2) is 42.5 Å². The maximum absolute atomic E-state index is 14.0. The Morgan fingerprint density at radius 2 is 2.00 bits per heavy atom. The monoisotopic (exact) mass is 358 g/mol. The van der Waals surface area contributed by atoms with Gasteiger partial charge in [-0.1, -0.05) is 13.8 Å². The molecular weight excluding hydrogens is 340 g/mol. The van der Waals surface area contributed by atoms with E-state index >= 15 is 0 Å². The minimum atomic E-state index is -4.58. The Hall–Kier alpha value is -2.55. The van der Waals surface area contributed by atoms with Gasteiger partial charge < -0.3 is 10.2 Å². The first-order valence-corrected chi connectivity index (χ1v) is 7.64. The van der Waals surface area contributed by atoms with Gasteiger partial charge in [-0.15, -0.1) is 5.53 Å². The van der Waals surface area contributed by atoms with Gasteiger partial charge in [0.25, 0.3) is 5.88 Å². The summed E-state index contributed by atoms with van der Waals surface area (Å²) in [6, 6.07) is 1.09. The van der Waals surface area contributed by atoms with Crippen molar-refractivity contribution < 1.29 is 22.3 Å². The number of fused-ring (bicyclic) bond motifs is 1. The van der Waals surface area contributed by atoms with Crippen molar-refractivity contribution in [3.8, 4) is 5.88 Å². The molecule has 0 spiro atoms. The average Bonchev–Trinajstić information content (AvgIpc) is 3.05. The molecule has 0 amide bonds. The zero-order chi connectivity index (χ0) is 18.6. The van der Waals surface area contributed by atoms with Crippen molar-refractivity contribution in [2.24, 2.45) is 0 Å². The van der Waals surface area contributed by atoms with Crippen LogP contribution in [0.1, 0.15) is 26.3 Å². The zero-order valence-electron chi connectivity index (χ0n) is 13.9. The van der Waals surface area contributed by atoms with Crippen LogP contribution in [0.3, 0.4) is 0 Å². The molecule has 3 heterocycles. The number of alkyl halides is 3. The summed E-state index contributed by atoms with van der Waals surface area (Å²) in [5.74, 6) is -1.63. The molecule has 1 unspecified atom stereocenters. The summed E-state index contributed by atoms with van der Waals surface area (Å²) in [6.45, 7) is 4.79. The van der Waals surface area contributed by atoms with Crippen LogP contribution in [0.5, 0.6) is 5.88 Å². The molecule has 2 aliphatic heterocycles. The fourth-order valence-corrected chi connectivity index (χ4v) is 1.99. The van der Waals surface area contributed by atoms with Crippen molar-refractivity contribution in [2.75, 3.05) is 0 Å². The first kappa shape index (κ1) is 18.8. The van der Waals surface area contributed by atoms with E-state index in [1.54, 1.807) is 29.6 Å². The minimum absolute atomic E-state index is 0.429. The second-order valence-electron chi connectivity index (χ2n) is 4.92. The summed E-state index contributed by atoms with van der Waals surface area (Å²) in [4.78, 5) is 3.66. The standard InChI is InChI=1S/C14H12F4N4O.C2H6/c1-8(14(16,17)18)23-13-12(15)5-10(6-19-13)9-2-3-22-11(4-9)7-20-21-22;1-2/h2-8,20-21H,1H3;1-2H3. The van der Waals surface area contributed by atoms with Gasteiger partial charge in [0.2, 0.25) is 0 Å². The first-order chi connectivity index (χ1) is 11.8. The van der Waals surface area contributed by atoms with Gasteiger partial charge in [-0.2, -0.15) is 13.2 Å². The maximum atomic E-state index is 14.0. The van der Waals surface area contributed by atoms with E-state index in [9.17, 15) is 17.6 Å². The van der Waals surface area contributed by atoms with Crippen molar-refractivity contribution in [3.63, 3.8) is 0 Å².